The van der Waals surface area contributed by atoms with E-state index in [0.717, 1.165) is 0 Å². The molecule has 1 aromatic carbocycles. The summed E-state index contributed by atoms with van der Waals surface area (Å²) in [5.74, 6) is -1.37. The molecule has 1 atom stereocenters. The summed E-state index contributed by atoms with van der Waals surface area (Å²) in [6.07, 6.45) is 0.421. The minimum Gasteiger partial charge on any atom is -0.352 e. The second kappa shape index (κ2) is 7.09. The molecule has 2 N–H and O–H groups in total. The second-order valence-corrected chi connectivity index (χ2v) is 9.62. The van der Waals surface area contributed by atoms with E-state index < -0.39 is 11.7 Å². The molecule has 1 saturated carbocycles. The molecule has 1 aliphatic carbocycles. The van der Waals surface area contributed by atoms with Crippen molar-refractivity contribution in [1.29, 1.82) is 0 Å². The van der Waals surface area contributed by atoms with Crippen molar-refractivity contribution in [3.8, 4) is 0 Å². The summed E-state index contributed by atoms with van der Waals surface area (Å²) < 4.78 is 13.8. The highest BCUT2D eigenvalue weighted by Gasteiger charge is 2.65. The Bertz CT molecular complexity index is 791. The lowest BCUT2D eigenvalue weighted by molar-refractivity contribution is -0.118. The highest BCUT2D eigenvalue weighted by Crippen LogP contribution is 2.64. The Labute approximate surface area is 167 Å². The zero-order chi connectivity index (χ0) is 20.0. The number of carbonyl (C=O) groups is 2. The van der Waals surface area contributed by atoms with Gasteiger partial charge in [-0.05, 0) is 29.4 Å². The van der Waals surface area contributed by atoms with E-state index in [2.05, 4.69) is 38.3 Å². The molecule has 0 aromatic heterocycles. The number of rotatable bonds is 5. The average Bonchev–Trinajstić information content (AvgIpc) is 2.81. The first-order valence-electron chi connectivity index (χ1n) is 8.83. The van der Waals surface area contributed by atoms with E-state index in [0.29, 0.717) is 11.6 Å². The third-order valence-corrected chi connectivity index (χ3v) is 7.33. The van der Waals surface area contributed by atoms with Gasteiger partial charge in [0.05, 0.1) is 21.9 Å². The zero-order valence-electron chi connectivity index (χ0n) is 15.7. The molecule has 2 aliphatic rings. The van der Waals surface area contributed by atoms with Crippen molar-refractivity contribution in [3.05, 3.63) is 34.6 Å². The van der Waals surface area contributed by atoms with Crippen LogP contribution in [-0.2, 0) is 4.79 Å². The number of carbonyl (C=O) groups excluding carboxylic acids is 2. The van der Waals surface area contributed by atoms with Crippen molar-refractivity contribution in [3.63, 3.8) is 0 Å². The average molecular weight is 412 g/mol. The standard InChI is InChI=1S/C19H23ClFN3O2S/c1-18(2)16(19(18,3)4)24-17-23-14(25)12(27-17)8-9-22-15(26)13-10(20)6-5-7-11(13)21/h5-7,12,16H,8-9H2,1-4H3,(H,22,26)(H,23,24,25). The van der Waals surface area contributed by atoms with Gasteiger partial charge in [-0.1, -0.05) is 57.1 Å². The van der Waals surface area contributed by atoms with Crippen LogP contribution in [0.15, 0.2) is 23.2 Å². The quantitative estimate of drug-likeness (QED) is 0.777. The van der Waals surface area contributed by atoms with Crippen molar-refractivity contribution in [1.82, 2.24) is 10.6 Å². The molecule has 0 bridgehead atoms. The Morgan fingerprint density at radius 1 is 1.33 bits per heavy atom. The van der Waals surface area contributed by atoms with Crippen LogP contribution in [0.3, 0.4) is 0 Å². The van der Waals surface area contributed by atoms with Gasteiger partial charge in [-0.15, -0.1) is 0 Å². The van der Waals surface area contributed by atoms with Gasteiger partial charge in [0.25, 0.3) is 5.91 Å². The predicted molar refractivity (Wildman–Crippen MR) is 107 cm³/mol. The maximum Gasteiger partial charge on any atom is 0.255 e. The van der Waals surface area contributed by atoms with Crippen molar-refractivity contribution in [2.24, 2.45) is 15.8 Å². The molecule has 1 aromatic rings. The van der Waals surface area contributed by atoms with Gasteiger partial charge in [-0.2, -0.15) is 0 Å². The number of hydrogen-bond donors (Lipinski definition) is 2. The van der Waals surface area contributed by atoms with Crippen LogP contribution >= 0.6 is 23.4 Å². The number of halogens is 2. The fourth-order valence-electron chi connectivity index (χ4n) is 3.38. The van der Waals surface area contributed by atoms with Crippen molar-refractivity contribution >= 4 is 40.3 Å². The molecule has 146 valence electrons. The van der Waals surface area contributed by atoms with E-state index in [1.54, 1.807) is 0 Å². The van der Waals surface area contributed by atoms with Crippen LogP contribution in [0.25, 0.3) is 0 Å². The maximum atomic E-state index is 13.8. The van der Waals surface area contributed by atoms with Crippen LogP contribution in [-0.4, -0.2) is 34.8 Å². The van der Waals surface area contributed by atoms with Crippen molar-refractivity contribution in [2.75, 3.05) is 6.54 Å². The molecule has 1 saturated heterocycles. The first-order valence-corrected chi connectivity index (χ1v) is 10.1. The number of nitrogens with zero attached hydrogens (tertiary/aromatic N) is 1. The first kappa shape index (κ1) is 20.1. The van der Waals surface area contributed by atoms with Crippen molar-refractivity contribution < 1.29 is 14.0 Å². The van der Waals surface area contributed by atoms with E-state index in [1.807, 2.05) is 0 Å². The van der Waals surface area contributed by atoms with E-state index in [9.17, 15) is 14.0 Å². The molecule has 8 heteroatoms. The van der Waals surface area contributed by atoms with Crippen LogP contribution in [0, 0.1) is 16.6 Å². The lowest BCUT2D eigenvalue weighted by Gasteiger charge is -2.09. The maximum absolute atomic E-state index is 13.8. The predicted octanol–water partition coefficient (Wildman–Crippen LogP) is 3.62. The molecular formula is C19H23ClFN3O2S. The minimum atomic E-state index is -0.669. The Morgan fingerprint density at radius 3 is 2.59 bits per heavy atom. The molecule has 27 heavy (non-hydrogen) atoms. The molecule has 2 amide bonds. The molecule has 0 radical (unpaired) electrons. The van der Waals surface area contributed by atoms with Gasteiger partial charge in [0, 0.05) is 6.54 Å². The number of benzene rings is 1. The summed E-state index contributed by atoms with van der Waals surface area (Å²) in [5, 5.41) is 5.81. The molecular weight excluding hydrogens is 389 g/mol. The van der Waals surface area contributed by atoms with Crippen LogP contribution in [0.2, 0.25) is 5.02 Å². The van der Waals surface area contributed by atoms with Gasteiger partial charge in [0.1, 0.15) is 5.82 Å². The molecule has 5 nitrogen and oxygen atoms in total. The molecule has 0 spiro atoms. The molecule has 2 fully saturated rings. The van der Waals surface area contributed by atoms with E-state index in [4.69, 9.17) is 16.6 Å². The number of thioether (sulfide) groups is 1. The fourth-order valence-corrected chi connectivity index (χ4v) is 4.62. The monoisotopic (exact) mass is 411 g/mol. The normalized spacial score (nSPS) is 24.7. The highest BCUT2D eigenvalue weighted by atomic mass is 35.5. The first-order chi connectivity index (χ1) is 12.6. The van der Waals surface area contributed by atoms with Gasteiger partial charge in [-0.3, -0.25) is 14.6 Å². The summed E-state index contributed by atoms with van der Waals surface area (Å²) >= 11 is 7.27. The summed E-state index contributed by atoms with van der Waals surface area (Å²) in [7, 11) is 0. The number of aliphatic imine (C=N–C) groups is 1. The van der Waals surface area contributed by atoms with Crippen LogP contribution in [0.4, 0.5) is 4.39 Å². The van der Waals surface area contributed by atoms with Crippen LogP contribution in [0.5, 0.6) is 0 Å². The minimum absolute atomic E-state index is 0.0598. The lowest BCUT2D eigenvalue weighted by Crippen LogP contribution is -2.30. The Balaban J connectivity index is 1.54. The molecule has 3 rings (SSSR count). The molecule has 1 aliphatic heterocycles. The summed E-state index contributed by atoms with van der Waals surface area (Å²) in [6, 6.07) is 4.26. The lowest BCUT2D eigenvalue weighted by atomic mass is 10.0. The Morgan fingerprint density at radius 2 is 2.00 bits per heavy atom. The summed E-state index contributed by atoms with van der Waals surface area (Å²) in [5.41, 5.74) is 0.0374. The topological polar surface area (TPSA) is 70.6 Å². The highest BCUT2D eigenvalue weighted by molar-refractivity contribution is 8.15. The Kier molecular flexibility index (Phi) is 5.29. The number of hydrogen-bond acceptors (Lipinski definition) is 4. The number of amides is 2. The van der Waals surface area contributed by atoms with E-state index in [1.165, 1.54) is 30.0 Å². The van der Waals surface area contributed by atoms with Crippen LogP contribution in [0.1, 0.15) is 44.5 Å². The molecule has 1 unspecified atom stereocenters. The zero-order valence-corrected chi connectivity index (χ0v) is 17.3. The summed E-state index contributed by atoms with van der Waals surface area (Å²) in [6.45, 7) is 8.92. The van der Waals surface area contributed by atoms with Gasteiger partial charge in [0.15, 0.2) is 5.17 Å². The largest absolute Gasteiger partial charge is 0.352 e. The third kappa shape index (κ3) is 3.72. The fraction of sp³-hybridized carbons (Fsp3) is 0.526. The summed E-state index contributed by atoms with van der Waals surface area (Å²) in [4.78, 5) is 29.0. The van der Waals surface area contributed by atoms with Gasteiger partial charge < -0.3 is 10.6 Å². The number of nitrogens with one attached hydrogen (secondary N) is 2. The van der Waals surface area contributed by atoms with Gasteiger partial charge in [0.2, 0.25) is 5.91 Å². The smallest absolute Gasteiger partial charge is 0.255 e. The molecule has 1 heterocycles. The SMILES string of the molecule is CC1(C)C(N=C2NC(=O)C(CCNC(=O)c3c(F)cccc3Cl)S2)C1(C)C. The third-order valence-electron chi connectivity index (χ3n) is 5.85. The Hall–Kier alpha value is -1.60. The van der Waals surface area contributed by atoms with Crippen LogP contribution < -0.4 is 10.6 Å². The second-order valence-electron chi connectivity index (χ2n) is 8.02. The van der Waals surface area contributed by atoms with Crippen molar-refractivity contribution in [2.45, 2.75) is 45.4 Å². The van der Waals surface area contributed by atoms with Gasteiger partial charge >= 0.3 is 0 Å². The number of amidine groups is 1. The van der Waals surface area contributed by atoms with E-state index >= 15 is 0 Å². The van der Waals surface area contributed by atoms with Gasteiger partial charge in [-0.25, -0.2) is 4.39 Å². The van der Waals surface area contributed by atoms with E-state index in [-0.39, 0.29) is 45.2 Å².